The van der Waals surface area contributed by atoms with Crippen molar-refractivity contribution in [3.05, 3.63) is 29.0 Å². The zero-order valence-electron chi connectivity index (χ0n) is 17.0. The Bertz CT molecular complexity index is 823. The van der Waals surface area contributed by atoms with E-state index in [4.69, 9.17) is 16.3 Å². The molecule has 1 aliphatic heterocycles. The van der Waals surface area contributed by atoms with Gasteiger partial charge in [0.25, 0.3) is 5.91 Å². The van der Waals surface area contributed by atoms with Gasteiger partial charge in [0.05, 0.1) is 10.4 Å². The molecule has 3 aliphatic carbocycles. The van der Waals surface area contributed by atoms with Gasteiger partial charge in [0.2, 0.25) is 5.91 Å². The van der Waals surface area contributed by atoms with Crippen LogP contribution in [0.5, 0.6) is 5.75 Å². The van der Waals surface area contributed by atoms with Crippen LogP contribution in [0.4, 0.5) is 4.39 Å². The van der Waals surface area contributed by atoms with Crippen molar-refractivity contribution in [2.45, 2.75) is 61.9 Å². The minimum Gasteiger partial charge on any atom is -0.484 e. The van der Waals surface area contributed by atoms with Gasteiger partial charge >= 0.3 is 0 Å². The van der Waals surface area contributed by atoms with Gasteiger partial charge in [0.15, 0.2) is 6.61 Å². The molecule has 5 rings (SSSR count). The van der Waals surface area contributed by atoms with E-state index in [0.717, 1.165) is 25.3 Å². The summed E-state index contributed by atoms with van der Waals surface area (Å²) in [6.45, 7) is 3.92. The van der Waals surface area contributed by atoms with Crippen LogP contribution in [-0.2, 0) is 9.59 Å². The van der Waals surface area contributed by atoms with Crippen molar-refractivity contribution in [1.82, 2.24) is 16.0 Å². The van der Waals surface area contributed by atoms with Gasteiger partial charge in [-0.2, -0.15) is 0 Å². The summed E-state index contributed by atoms with van der Waals surface area (Å²) in [5.74, 6) is 0.450. The lowest BCUT2D eigenvalue weighted by atomic mass is 9.60. The second-order valence-corrected chi connectivity index (χ2v) is 10.4. The summed E-state index contributed by atoms with van der Waals surface area (Å²) in [5.41, 5.74) is 0. The fourth-order valence-electron chi connectivity index (χ4n) is 4.73. The summed E-state index contributed by atoms with van der Waals surface area (Å²) in [4.78, 5) is 25.1. The third kappa shape index (κ3) is 4.70. The Morgan fingerprint density at radius 3 is 2.53 bits per heavy atom. The molecule has 5 unspecified atom stereocenters. The molecule has 1 aromatic rings. The third-order valence-corrected chi connectivity index (χ3v) is 8.12. The number of carbonyl (C=O) groups excluding carboxylic acids is 2. The van der Waals surface area contributed by atoms with Crippen molar-refractivity contribution in [2.24, 2.45) is 11.8 Å². The Kier molecular flexibility index (Phi) is 6.46. The first-order valence-electron chi connectivity index (χ1n) is 10.4. The Morgan fingerprint density at radius 1 is 1.20 bits per heavy atom. The average Bonchev–Trinajstić information content (AvgIpc) is 3.00. The summed E-state index contributed by atoms with van der Waals surface area (Å²) in [5, 5.41) is 9.85. The molecule has 4 fully saturated rings. The number of thioether (sulfide) groups is 1. The standard InChI is InChI=1S/C21H27ClFN3O3S/c1-10-20(30-11(2)24-10)21(28)26-18-8-17(12-5-13(18)6-12)25-19(27)9-29-14-3-4-15(22)16(23)7-14/h3-4,7,10-13,17-18,20,24H,5-6,8-9H2,1-2H3,(H,25,27)(H,26,28). The van der Waals surface area contributed by atoms with E-state index >= 15 is 0 Å². The van der Waals surface area contributed by atoms with E-state index in [1.807, 2.05) is 6.92 Å². The highest BCUT2D eigenvalue weighted by atomic mass is 35.5. The van der Waals surface area contributed by atoms with Crippen LogP contribution in [0.2, 0.25) is 5.02 Å². The molecule has 6 nitrogen and oxygen atoms in total. The van der Waals surface area contributed by atoms with Gasteiger partial charge in [-0.3, -0.25) is 9.59 Å². The molecule has 0 spiro atoms. The number of halogens is 2. The first-order chi connectivity index (χ1) is 14.3. The van der Waals surface area contributed by atoms with E-state index < -0.39 is 5.82 Å². The van der Waals surface area contributed by atoms with Gasteiger partial charge < -0.3 is 20.7 Å². The van der Waals surface area contributed by atoms with Crippen LogP contribution >= 0.6 is 23.4 Å². The van der Waals surface area contributed by atoms with Gasteiger partial charge in [-0.05, 0) is 57.1 Å². The van der Waals surface area contributed by atoms with Gasteiger partial charge in [-0.25, -0.2) is 4.39 Å². The minimum absolute atomic E-state index is 0.0114. The lowest BCUT2D eigenvalue weighted by Gasteiger charge is -2.51. The van der Waals surface area contributed by atoms with Crippen molar-refractivity contribution in [1.29, 1.82) is 0 Å². The smallest absolute Gasteiger partial charge is 0.258 e. The van der Waals surface area contributed by atoms with E-state index in [9.17, 15) is 14.0 Å². The van der Waals surface area contributed by atoms with Gasteiger partial charge in [0, 0.05) is 24.2 Å². The van der Waals surface area contributed by atoms with Crippen LogP contribution in [0.3, 0.4) is 0 Å². The van der Waals surface area contributed by atoms with Crippen LogP contribution < -0.4 is 20.7 Å². The number of fused-ring (bicyclic) bond motifs is 2. The minimum atomic E-state index is -0.583. The first kappa shape index (κ1) is 21.7. The summed E-state index contributed by atoms with van der Waals surface area (Å²) >= 11 is 7.31. The number of hydrogen-bond donors (Lipinski definition) is 3. The molecule has 2 bridgehead atoms. The fraction of sp³-hybridized carbons (Fsp3) is 0.619. The summed E-state index contributed by atoms with van der Waals surface area (Å²) < 4.78 is 18.9. The van der Waals surface area contributed by atoms with Crippen LogP contribution in [0.25, 0.3) is 0 Å². The summed E-state index contributed by atoms with van der Waals surface area (Å²) in [7, 11) is 0. The Labute approximate surface area is 185 Å². The number of benzene rings is 1. The Balaban J connectivity index is 1.27. The summed E-state index contributed by atoms with van der Waals surface area (Å²) in [6, 6.07) is 4.34. The lowest BCUT2D eigenvalue weighted by Crippen LogP contribution is -2.61. The lowest BCUT2D eigenvalue weighted by molar-refractivity contribution is -0.126. The van der Waals surface area contributed by atoms with E-state index in [1.165, 1.54) is 12.1 Å². The highest BCUT2D eigenvalue weighted by Crippen LogP contribution is 2.46. The molecule has 4 aliphatic rings. The molecular weight excluding hydrogens is 429 g/mol. The zero-order chi connectivity index (χ0) is 21.4. The molecule has 30 heavy (non-hydrogen) atoms. The number of amides is 2. The number of carbonyl (C=O) groups is 2. The van der Waals surface area contributed by atoms with E-state index in [1.54, 1.807) is 11.8 Å². The molecule has 0 aromatic heterocycles. The quantitative estimate of drug-likeness (QED) is 0.614. The summed E-state index contributed by atoms with van der Waals surface area (Å²) in [6.07, 6.45) is 2.76. The molecule has 1 heterocycles. The topological polar surface area (TPSA) is 79.5 Å². The van der Waals surface area contributed by atoms with Crippen LogP contribution in [-0.4, -0.2) is 47.2 Å². The predicted octanol–water partition coefficient (Wildman–Crippen LogP) is 2.70. The number of ether oxygens (including phenoxy) is 1. The van der Waals surface area contributed by atoms with E-state index in [2.05, 4.69) is 22.9 Å². The first-order valence-corrected chi connectivity index (χ1v) is 11.7. The zero-order valence-corrected chi connectivity index (χ0v) is 18.6. The fourth-order valence-corrected chi connectivity index (χ4v) is 6.09. The Morgan fingerprint density at radius 2 is 1.90 bits per heavy atom. The SMILES string of the molecule is CC1NC(C)C(C(=O)NC2CC(NC(=O)COc3ccc(Cl)c(F)c3)C3CC2C3)S1. The Hall–Kier alpha value is -1.51. The number of hydrogen-bond acceptors (Lipinski definition) is 5. The molecular formula is C21H27ClFN3O3S. The maximum Gasteiger partial charge on any atom is 0.258 e. The molecule has 2 amide bonds. The molecule has 3 saturated carbocycles. The normalized spacial score (nSPS) is 34.7. The van der Waals surface area contributed by atoms with Crippen LogP contribution in [0, 0.1) is 17.7 Å². The monoisotopic (exact) mass is 455 g/mol. The van der Waals surface area contributed by atoms with Gasteiger partial charge in [-0.15, -0.1) is 11.8 Å². The van der Waals surface area contributed by atoms with Crippen molar-refractivity contribution in [2.75, 3.05) is 6.61 Å². The van der Waals surface area contributed by atoms with Gasteiger partial charge in [0.1, 0.15) is 16.8 Å². The van der Waals surface area contributed by atoms with E-state index in [0.29, 0.717) is 11.8 Å². The van der Waals surface area contributed by atoms with Crippen molar-refractivity contribution in [3.63, 3.8) is 0 Å². The van der Waals surface area contributed by atoms with Crippen molar-refractivity contribution >= 4 is 35.2 Å². The second kappa shape index (κ2) is 8.93. The molecule has 0 radical (unpaired) electrons. The van der Waals surface area contributed by atoms with Gasteiger partial charge in [-0.1, -0.05) is 11.6 Å². The maximum atomic E-state index is 13.5. The van der Waals surface area contributed by atoms with Crippen molar-refractivity contribution in [3.8, 4) is 5.75 Å². The highest BCUT2D eigenvalue weighted by Gasteiger charge is 2.47. The molecule has 1 aromatic carbocycles. The highest BCUT2D eigenvalue weighted by molar-refractivity contribution is 8.01. The van der Waals surface area contributed by atoms with Crippen molar-refractivity contribution < 1.29 is 18.7 Å². The predicted molar refractivity (Wildman–Crippen MR) is 115 cm³/mol. The molecule has 5 atom stereocenters. The number of nitrogens with one attached hydrogen (secondary N) is 3. The molecule has 9 heteroatoms. The molecule has 3 N–H and O–H groups in total. The van der Waals surface area contributed by atoms with Crippen LogP contribution in [0.1, 0.15) is 33.1 Å². The molecule has 164 valence electrons. The van der Waals surface area contributed by atoms with E-state index in [-0.39, 0.29) is 57.9 Å². The van der Waals surface area contributed by atoms with Crippen LogP contribution in [0.15, 0.2) is 18.2 Å². The average molecular weight is 456 g/mol. The second-order valence-electron chi connectivity index (χ2n) is 8.54. The molecule has 1 saturated heterocycles. The third-order valence-electron chi connectivity index (χ3n) is 6.35. The largest absolute Gasteiger partial charge is 0.484 e. The number of rotatable bonds is 6. The maximum absolute atomic E-state index is 13.5.